The topological polar surface area (TPSA) is 99.3 Å². The molecule has 0 aliphatic carbocycles. The number of esters is 1. The van der Waals surface area contributed by atoms with Crippen LogP contribution in [0.25, 0.3) is 0 Å². The molecule has 0 saturated carbocycles. The van der Waals surface area contributed by atoms with Crippen molar-refractivity contribution in [2.75, 3.05) is 13.2 Å². The van der Waals surface area contributed by atoms with Gasteiger partial charge >= 0.3 is 11.7 Å². The second kappa shape index (κ2) is 6.09. The van der Waals surface area contributed by atoms with E-state index < -0.39 is 5.97 Å². The monoisotopic (exact) mass is 285 g/mol. The van der Waals surface area contributed by atoms with E-state index in [0.29, 0.717) is 17.5 Å². The lowest BCUT2D eigenvalue weighted by molar-refractivity contribution is -0.146. The van der Waals surface area contributed by atoms with Gasteiger partial charge in [0.15, 0.2) is 0 Å². The summed E-state index contributed by atoms with van der Waals surface area (Å²) in [7, 11) is 0. The molecule has 0 aromatic carbocycles. The standard InChI is InChI=1S/C11H15N3O4S/c12-5-10(15)17-6-7-1-2-9(18-7)14-4-3-8(19)13-11(14)16/h3-4,7,9H,1-2,5-6,12H2,(H,13,16,19). The predicted molar refractivity (Wildman–Crippen MR) is 69.0 cm³/mol. The average Bonchev–Trinajstić information content (AvgIpc) is 2.84. The van der Waals surface area contributed by atoms with Crippen molar-refractivity contribution in [3.8, 4) is 0 Å². The van der Waals surface area contributed by atoms with Crippen molar-refractivity contribution in [3.05, 3.63) is 27.4 Å². The zero-order valence-electron chi connectivity index (χ0n) is 10.2. The Morgan fingerprint density at radius 2 is 2.42 bits per heavy atom. The summed E-state index contributed by atoms with van der Waals surface area (Å²) in [4.78, 5) is 25.2. The first-order valence-corrected chi connectivity index (χ1v) is 6.33. The average molecular weight is 285 g/mol. The van der Waals surface area contributed by atoms with Gasteiger partial charge in [0.05, 0.1) is 12.6 Å². The van der Waals surface area contributed by atoms with Gasteiger partial charge in [-0.3, -0.25) is 14.3 Å². The molecule has 8 heteroatoms. The molecule has 0 amide bonds. The largest absolute Gasteiger partial charge is 0.462 e. The molecule has 2 atom stereocenters. The van der Waals surface area contributed by atoms with E-state index in [-0.39, 0.29) is 31.2 Å². The van der Waals surface area contributed by atoms with Crippen LogP contribution in [0.3, 0.4) is 0 Å². The third-order valence-corrected chi connectivity index (χ3v) is 3.08. The second-order valence-corrected chi connectivity index (χ2v) is 4.63. The number of H-pyrrole nitrogens is 1. The Labute approximate surface area is 114 Å². The number of hydrogen-bond donors (Lipinski definition) is 2. The Morgan fingerprint density at radius 1 is 1.63 bits per heavy atom. The smallest absolute Gasteiger partial charge is 0.328 e. The number of carbonyl (C=O) groups excluding carboxylic acids is 1. The molecule has 104 valence electrons. The number of nitrogens with one attached hydrogen (secondary N) is 1. The van der Waals surface area contributed by atoms with Crippen molar-refractivity contribution in [2.24, 2.45) is 5.73 Å². The maximum Gasteiger partial charge on any atom is 0.328 e. The van der Waals surface area contributed by atoms with Gasteiger partial charge in [-0.05, 0) is 18.9 Å². The third kappa shape index (κ3) is 3.49. The molecule has 1 aliphatic rings. The fourth-order valence-electron chi connectivity index (χ4n) is 1.91. The molecule has 2 rings (SSSR count). The minimum Gasteiger partial charge on any atom is -0.462 e. The minimum absolute atomic E-state index is 0.148. The van der Waals surface area contributed by atoms with E-state index in [4.69, 9.17) is 27.4 Å². The quantitative estimate of drug-likeness (QED) is 0.600. The van der Waals surface area contributed by atoms with Crippen LogP contribution in [0.1, 0.15) is 19.1 Å². The Hall–Kier alpha value is -1.51. The van der Waals surface area contributed by atoms with E-state index in [9.17, 15) is 9.59 Å². The SMILES string of the molecule is NCC(=O)OCC1CCC(n2ccc(=S)[nH]c2=O)O1. The molecule has 3 N–H and O–H groups in total. The van der Waals surface area contributed by atoms with Gasteiger partial charge in [-0.25, -0.2) is 4.79 Å². The van der Waals surface area contributed by atoms with Crippen molar-refractivity contribution in [1.29, 1.82) is 0 Å². The summed E-state index contributed by atoms with van der Waals surface area (Å²) >= 11 is 4.86. The highest BCUT2D eigenvalue weighted by molar-refractivity contribution is 7.71. The molecule has 1 aliphatic heterocycles. The fourth-order valence-corrected chi connectivity index (χ4v) is 2.06. The van der Waals surface area contributed by atoms with Crippen LogP contribution >= 0.6 is 12.2 Å². The van der Waals surface area contributed by atoms with Gasteiger partial charge in [0, 0.05) is 6.20 Å². The highest BCUT2D eigenvalue weighted by atomic mass is 32.1. The van der Waals surface area contributed by atoms with Crippen LogP contribution < -0.4 is 11.4 Å². The summed E-state index contributed by atoms with van der Waals surface area (Å²) in [6, 6.07) is 1.63. The van der Waals surface area contributed by atoms with E-state index in [1.54, 1.807) is 12.3 Å². The van der Waals surface area contributed by atoms with Gasteiger partial charge in [-0.1, -0.05) is 12.2 Å². The number of nitrogens with zero attached hydrogens (tertiary/aromatic N) is 1. The number of ether oxygens (including phenoxy) is 2. The lowest BCUT2D eigenvalue weighted by Crippen LogP contribution is -2.28. The maximum absolute atomic E-state index is 11.7. The summed E-state index contributed by atoms with van der Waals surface area (Å²) in [5, 5.41) is 0. The number of hydrogen-bond acceptors (Lipinski definition) is 6. The van der Waals surface area contributed by atoms with Gasteiger partial charge in [0.25, 0.3) is 0 Å². The van der Waals surface area contributed by atoms with E-state index in [1.165, 1.54) is 4.57 Å². The number of rotatable bonds is 4. The van der Waals surface area contributed by atoms with E-state index in [1.807, 2.05) is 0 Å². The number of nitrogens with two attached hydrogens (primary N) is 1. The number of carbonyl (C=O) groups is 1. The van der Waals surface area contributed by atoms with Crippen LogP contribution in [0.4, 0.5) is 0 Å². The summed E-state index contributed by atoms with van der Waals surface area (Å²) in [5.74, 6) is -0.465. The Bertz CT molecular complexity index is 568. The Balaban J connectivity index is 1.96. The van der Waals surface area contributed by atoms with Crippen LogP contribution in [0.5, 0.6) is 0 Å². The van der Waals surface area contributed by atoms with Crippen molar-refractivity contribution in [1.82, 2.24) is 9.55 Å². The fraction of sp³-hybridized carbons (Fsp3) is 0.545. The molecule has 1 fully saturated rings. The number of aromatic amines is 1. The first kappa shape index (κ1) is 13.9. The van der Waals surface area contributed by atoms with Crippen molar-refractivity contribution < 1.29 is 14.3 Å². The summed E-state index contributed by atoms with van der Waals surface area (Å²) in [6.07, 6.45) is 2.41. The van der Waals surface area contributed by atoms with E-state index >= 15 is 0 Å². The molecule has 0 spiro atoms. The summed E-state index contributed by atoms with van der Waals surface area (Å²) in [5.41, 5.74) is 4.83. The van der Waals surface area contributed by atoms with E-state index in [0.717, 1.165) is 0 Å². The maximum atomic E-state index is 11.7. The van der Waals surface area contributed by atoms with Gasteiger partial charge < -0.3 is 15.2 Å². The molecule has 7 nitrogen and oxygen atoms in total. The second-order valence-electron chi connectivity index (χ2n) is 4.19. The molecule has 1 aromatic heterocycles. The molecule has 2 unspecified atom stereocenters. The molecule has 1 aromatic rings. The lowest BCUT2D eigenvalue weighted by Gasteiger charge is -2.15. The highest BCUT2D eigenvalue weighted by Crippen LogP contribution is 2.26. The molecule has 19 heavy (non-hydrogen) atoms. The van der Waals surface area contributed by atoms with E-state index in [2.05, 4.69) is 4.98 Å². The Kier molecular flexibility index (Phi) is 4.46. The van der Waals surface area contributed by atoms with Crippen LogP contribution in [-0.4, -0.2) is 34.8 Å². The van der Waals surface area contributed by atoms with Crippen LogP contribution in [-0.2, 0) is 14.3 Å². The van der Waals surface area contributed by atoms with Crippen LogP contribution in [0.15, 0.2) is 17.1 Å². The lowest BCUT2D eigenvalue weighted by atomic mass is 10.2. The van der Waals surface area contributed by atoms with Gasteiger partial charge in [-0.2, -0.15) is 0 Å². The first-order chi connectivity index (χ1) is 9.10. The van der Waals surface area contributed by atoms with Gasteiger partial charge in [-0.15, -0.1) is 0 Å². The number of aromatic nitrogens is 2. The zero-order valence-corrected chi connectivity index (χ0v) is 11.0. The van der Waals surface area contributed by atoms with Crippen molar-refractivity contribution in [3.63, 3.8) is 0 Å². The zero-order chi connectivity index (χ0) is 13.8. The molecule has 0 bridgehead atoms. The van der Waals surface area contributed by atoms with Crippen LogP contribution in [0, 0.1) is 4.64 Å². The molecule has 1 saturated heterocycles. The summed E-state index contributed by atoms with van der Waals surface area (Å²) in [6.45, 7) is 0.00891. The first-order valence-electron chi connectivity index (χ1n) is 5.93. The van der Waals surface area contributed by atoms with Gasteiger partial charge in [0.1, 0.15) is 17.5 Å². The Morgan fingerprint density at radius 3 is 3.11 bits per heavy atom. The van der Waals surface area contributed by atoms with Crippen molar-refractivity contribution in [2.45, 2.75) is 25.2 Å². The van der Waals surface area contributed by atoms with Crippen LogP contribution in [0.2, 0.25) is 0 Å². The minimum atomic E-state index is -0.465. The summed E-state index contributed by atoms with van der Waals surface area (Å²) < 4.78 is 12.4. The van der Waals surface area contributed by atoms with Gasteiger partial charge in [0.2, 0.25) is 0 Å². The molecule has 2 heterocycles. The highest BCUT2D eigenvalue weighted by Gasteiger charge is 2.27. The normalized spacial score (nSPS) is 22.4. The molecule has 0 radical (unpaired) electrons. The predicted octanol–water partition coefficient (Wildman–Crippen LogP) is 0.0854. The van der Waals surface area contributed by atoms with Crippen molar-refractivity contribution >= 4 is 18.2 Å². The molecular weight excluding hydrogens is 270 g/mol. The molecular formula is C11H15N3O4S. The third-order valence-electron chi connectivity index (χ3n) is 2.84.